The van der Waals surface area contributed by atoms with E-state index in [1.165, 1.54) is 70.5 Å². The highest BCUT2D eigenvalue weighted by molar-refractivity contribution is 7.90. The number of hydrogen-bond donors (Lipinski definition) is 2. The second-order valence-corrected chi connectivity index (χ2v) is 12.0. The van der Waals surface area contributed by atoms with Gasteiger partial charge in [0.1, 0.15) is 0 Å². The maximum absolute atomic E-state index is 13.3. The number of nitrogens with two attached hydrogens (primary N) is 1. The van der Waals surface area contributed by atoms with Crippen molar-refractivity contribution in [3.05, 3.63) is 29.8 Å². The van der Waals surface area contributed by atoms with Crippen LogP contribution in [0.4, 0.5) is 0 Å². The van der Waals surface area contributed by atoms with Crippen LogP contribution in [-0.4, -0.2) is 26.1 Å². The second kappa shape index (κ2) is 11.0. The van der Waals surface area contributed by atoms with Crippen LogP contribution in [0.3, 0.4) is 0 Å². The molecule has 0 unspecified atom stereocenters. The van der Waals surface area contributed by atoms with Gasteiger partial charge in [-0.05, 0) is 48.8 Å². The number of carbonyl (C=O) groups excluding carboxylic acids is 1. The summed E-state index contributed by atoms with van der Waals surface area (Å²) in [5.74, 6) is 1.20. The minimum absolute atomic E-state index is 0.0546. The molecule has 31 heavy (non-hydrogen) atoms. The van der Waals surface area contributed by atoms with Crippen molar-refractivity contribution in [3.63, 3.8) is 0 Å². The smallest absolute Gasteiger partial charge is 0.240 e. The molecule has 2 saturated carbocycles. The predicted octanol–water partition coefficient (Wildman–Crippen LogP) is 4.73. The van der Waals surface area contributed by atoms with Crippen molar-refractivity contribution in [3.8, 4) is 0 Å². The van der Waals surface area contributed by atoms with Gasteiger partial charge in [0.15, 0.2) is 9.84 Å². The lowest BCUT2D eigenvalue weighted by atomic mass is 9.75. The molecule has 0 spiro atoms. The summed E-state index contributed by atoms with van der Waals surface area (Å²) >= 11 is 0. The summed E-state index contributed by atoms with van der Waals surface area (Å²) in [4.78, 5) is 13.6. The number of amides is 1. The molecule has 2 aliphatic carbocycles. The lowest BCUT2D eigenvalue weighted by Crippen LogP contribution is -2.55. The third-order valence-electron chi connectivity index (χ3n) is 7.36. The number of carbonyl (C=O) groups is 1. The van der Waals surface area contributed by atoms with Crippen molar-refractivity contribution >= 4 is 15.7 Å². The molecule has 1 aromatic carbocycles. The summed E-state index contributed by atoms with van der Waals surface area (Å²) in [5, 5.41) is 3.06. The maximum Gasteiger partial charge on any atom is 0.240 e. The van der Waals surface area contributed by atoms with Gasteiger partial charge in [-0.1, -0.05) is 76.3 Å². The minimum Gasteiger partial charge on any atom is -0.350 e. The first-order valence-electron chi connectivity index (χ1n) is 12.1. The van der Waals surface area contributed by atoms with Crippen LogP contribution in [0.2, 0.25) is 0 Å². The summed E-state index contributed by atoms with van der Waals surface area (Å²) < 4.78 is 23.3. The molecule has 0 saturated heterocycles. The van der Waals surface area contributed by atoms with Crippen molar-refractivity contribution in [2.45, 2.75) is 100 Å². The maximum atomic E-state index is 13.3. The molecule has 0 radical (unpaired) electrons. The molecular formula is C25H40N2O3S. The van der Waals surface area contributed by atoms with Crippen LogP contribution >= 0.6 is 0 Å². The normalized spacial score (nSPS) is 20.8. The van der Waals surface area contributed by atoms with Crippen LogP contribution in [0, 0.1) is 11.8 Å². The molecule has 174 valence electrons. The molecule has 1 atom stereocenters. The van der Waals surface area contributed by atoms with Gasteiger partial charge in [0.2, 0.25) is 5.91 Å². The van der Waals surface area contributed by atoms with Gasteiger partial charge in [0.25, 0.3) is 0 Å². The van der Waals surface area contributed by atoms with Crippen molar-refractivity contribution in [2.24, 2.45) is 17.6 Å². The SMILES string of the molecule is CS(=O)(=O)c1ccc(CNC(=O)[C@@](N)(CCC2CCCCC2)CC2CCCCC2)cc1. The Bertz CT molecular complexity index is 810. The van der Waals surface area contributed by atoms with E-state index >= 15 is 0 Å². The zero-order valence-corrected chi connectivity index (χ0v) is 19.9. The lowest BCUT2D eigenvalue weighted by Gasteiger charge is -2.35. The summed E-state index contributed by atoms with van der Waals surface area (Å²) in [7, 11) is -3.22. The van der Waals surface area contributed by atoms with Crippen molar-refractivity contribution in [2.75, 3.05) is 6.26 Å². The molecule has 0 aromatic heterocycles. The average molecular weight is 449 g/mol. The molecule has 0 heterocycles. The Hall–Kier alpha value is -1.40. The van der Waals surface area contributed by atoms with Crippen molar-refractivity contribution < 1.29 is 13.2 Å². The molecule has 3 N–H and O–H groups in total. The second-order valence-electron chi connectivity index (χ2n) is 10.0. The van der Waals surface area contributed by atoms with Gasteiger partial charge < -0.3 is 11.1 Å². The Labute approximate surface area is 188 Å². The van der Waals surface area contributed by atoms with E-state index < -0.39 is 15.4 Å². The Morgan fingerprint density at radius 3 is 2.06 bits per heavy atom. The van der Waals surface area contributed by atoms with E-state index in [0.717, 1.165) is 24.8 Å². The van der Waals surface area contributed by atoms with Gasteiger partial charge in [-0.3, -0.25) is 4.79 Å². The number of nitrogens with one attached hydrogen (secondary N) is 1. The monoisotopic (exact) mass is 448 g/mol. The van der Waals surface area contributed by atoms with Gasteiger partial charge in [0.05, 0.1) is 10.4 Å². The van der Waals surface area contributed by atoms with E-state index in [2.05, 4.69) is 5.32 Å². The highest BCUT2D eigenvalue weighted by Gasteiger charge is 2.37. The summed E-state index contributed by atoms with van der Waals surface area (Å²) in [6.45, 7) is 0.371. The van der Waals surface area contributed by atoms with E-state index in [0.29, 0.717) is 23.3 Å². The van der Waals surface area contributed by atoms with Gasteiger partial charge in [0, 0.05) is 12.8 Å². The Balaban J connectivity index is 1.62. The van der Waals surface area contributed by atoms with E-state index in [1.54, 1.807) is 24.3 Å². The fourth-order valence-corrected chi connectivity index (χ4v) is 6.00. The molecule has 3 rings (SSSR count). The van der Waals surface area contributed by atoms with Crippen LogP contribution in [0.25, 0.3) is 0 Å². The average Bonchev–Trinajstić information content (AvgIpc) is 2.77. The van der Waals surface area contributed by atoms with Crippen LogP contribution in [0.5, 0.6) is 0 Å². The molecule has 5 nitrogen and oxygen atoms in total. The summed E-state index contributed by atoms with van der Waals surface area (Å²) in [6.07, 6.45) is 16.4. The molecule has 0 bridgehead atoms. The lowest BCUT2D eigenvalue weighted by molar-refractivity contribution is -0.127. The molecule has 6 heteroatoms. The summed E-state index contributed by atoms with van der Waals surface area (Å²) in [6, 6.07) is 6.71. The predicted molar refractivity (Wildman–Crippen MR) is 125 cm³/mol. The molecule has 1 amide bonds. The van der Waals surface area contributed by atoms with E-state index in [4.69, 9.17) is 5.73 Å². The molecule has 2 fully saturated rings. The minimum atomic E-state index is -3.22. The first-order chi connectivity index (χ1) is 14.8. The Morgan fingerprint density at radius 1 is 0.968 bits per heavy atom. The van der Waals surface area contributed by atoms with E-state index in [9.17, 15) is 13.2 Å². The zero-order chi connectivity index (χ0) is 22.3. The number of rotatable bonds is 9. The first kappa shape index (κ1) is 24.2. The van der Waals surface area contributed by atoms with Gasteiger partial charge >= 0.3 is 0 Å². The van der Waals surface area contributed by atoms with Gasteiger partial charge in [-0.2, -0.15) is 0 Å². The van der Waals surface area contributed by atoms with Crippen molar-refractivity contribution in [1.82, 2.24) is 5.32 Å². The quantitative estimate of drug-likeness (QED) is 0.571. The fraction of sp³-hybridized carbons (Fsp3) is 0.720. The van der Waals surface area contributed by atoms with Crippen LogP contribution in [0.15, 0.2) is 29.2 Å². The van der Waals surface area contributed by atoms with E-state index in [1.807, 2.05) is 0 Å². The molecule has 1 aromatic rings. The fourth-order valence-electron chi connectivity index (χ4n) is 5.37. The number of benzene rings is 1. The van der Waals surface area contributed by atoms with Gasteiger partial charge in [-0.25, -0.2) is 8.42 Å². The molecule has 0 aliphatic heterocycles. The number of sulfone groups is 1. The Morgan fingerprint density at radius 2 is 1.52 bits per heavy atom. The first-order valence-corrected chi connectivity index (χ1v) is 14.0. The standard InChI is InChI=1S/C25H40N2O3S/c1-31(29,30)23-14-12-22(13-15-23)19-27-24(28)25(26,18-21-10-6-3-7-11-21)17-16-20-8-4-2-5-9-20/h12-15,20-21H,2-11,16-19,26H2,1H3,(H,27,28)/t25-/m1/s1. The molecular weight excluding hydrogens is 408 g/mol. The van der Waals surface area contributed by atoms with E-state index in [-0.39, 0.29) is 5.91 Å². The highest BCUT2D eigenvalue weighted by atomic mass is 32.2. The summed E-state index contributed by atoms with van der Waals surface area (Å²) in [5.41, 5.74) is 6.91. The molecule has 2 aliphatic rings. The Kier molecular flexibility index (Phi) is 8.57. The zero-order valence-electron chi connectivity index (χ0n) is 19.1. The van der Waals surface area contributed by atoms with Crippen LogP contribution < -0.4 is 11.1 Å². The van der Waals surface area contributed by atoms with Crippen molar-refractivity contribution in [1.29, 1.82) is 0 Å². The third-order valence-corrected chi connectivity index (χ3v) is 8.49. The largest absolute Gasteiger partial charge is 0.350 e. The van der Waals surface area contributed by atoms with Crippen LogP contribution in [-0.2, 0) is 21.2 Å². The third kappa shape index (κ3) is 7.31. The number of hydrogen-bond acceptors (Lipinski definition) is 4. The highest BCUT2D eigenvalue weighted by Crippen LogP contribution is 2.34. The topological polar surface area (TPSA) is 89.3 Å². The van der Waals surface area contributed by atoms with Crippen LogP contribution in [0.1, 0.15) is 89.0 Å². The van der Waals surface area contributed by atoms with Gasteiger partial charge in [-0.15, -0.1) is 0 Å².